The summed E-state index contributed by atoms with van der Waals surface area (Å²) in [6.07, 6.45) is 7.59. The summed E-state index contributed by atoms with van der Waals surface area (Å²) >= 11 is 0. The van der Waals surface area contributed by atoms with Crippen molar-refractivity contribution in [1.29, 1.82) is 5.41 Å². The highest BCUT2D eigenvalue weighted by atomic mass is 16.5. The van der Waals surface area contributed by atoms with Crippen molar-refractivity contribution in [3.05, 3.63) is 11.3 Å². The van der Waals surface area contributed by atoms with Crippen LogP contribution < -0.4 is 5.73 Å². The number of hydrogen-bond donors (Lipinski definition) is 2. The fourth-order valence-corrected chi connectivity index (χ4v) is 1.97. The summed E-state index contributed by atoms with van der Waals surface area (Å²) in [5.74, 6) is -0.190. The van der Waals surface area contributed by atoms with Crippen LogP contribution in [0, 0.1) is 5.41 Å². The van der Waals surface area contributed by atoms with Crippen LogP contribution in [0.1, 0.15) is 65.7 Å². The largest absolute Gasteiger partial charge is 0.402 e. The first kappa shape index (κ1) is 18.8. The van der Waals surface area contributed by atoms with Crippen LogP contribution in [0.5, 0.6) is 0 Å². The van der Waals surface area contributed by atoms with E-state index in [9.17, 15) is 4.79 Å². The van der Waals surface area contributed by atoms with Crippen LogP contribution in [0.25, 0.3) is 0 Å². The third-order valence-electron chi connectivity index (χ3n) is 3.16. The van der Waals surface area contributed by atoms with E-state index in [1.807, 2.05) is 0 Å². The Morgan fingerprint density at radius 2 is 1.90 bits per heavy atom. The minimum absolute atomic E-state index is 0.0972. The monoisotopic (exact) mass is 282 g/mol. The molecule has 0 saturated heterocycles. The maximum Gasteiger partial charge on any atom is 0.177 e. The molecule has 0 aromatic rings. The molecule has 0 spiro atoms. The fraction of sp³-hybridized carbons (Fsp3) is 0.750. The van der Waals surface area contributed by atoms with Crippen LogP contribution in [-0.4, -0.2) is 24.7 Å². The summed E-state index contributed by atoms with van der Waals surface area (Å²) in [5.41, 5.74) is 7.19. The first-order valence-electron chi connectivity index (χ1n) is 7.69. The normalized spacial score (nSPS) is 13.9. The van der Waals surface area contributed by atoms with E-state index >= 15 is 0 Å². The predicted molar refractivity (Wildman–Crippen MR) is 84.1 cm³/mol. The Labute approximate surface area is 123 Å². The second kappa shape index (κ2) is 11.6. The lowest BCUT2D eigenvalue weighted by Crippen LogP contribution is -2.13. The number of nitrogens with one attached hydrogen (secondary N) is 1. The van der Waals surface area contributed by atoms with E-state index in [4.69, 9.17) is 15.9 Å². The number of ketones is 1. The van der Waals surface area contributed by atoms with Gasteiger partial charge in [-0.1, -0.05) is 26.7 Å². The van der Waals surface area contributed by atoms with Gasteiger partial charge in [0.1, 0.15) is 5.71 Å². The maximum absolute atomic E-state index is 10.8. The molecule has 0 heterocycles. The Kier molecular flexibility index (Phi) is 11.0. The number of carbonyl (C=O) groups is 1. The van der Waals surface area contributed by atoms with Crippen molar-refractivity contribution in [2.45, 2.75) is 65.7 Å². The van der Waals surface area contributed by atoms with E-state index in [-0.39, 0.29) is 11.5 Å². The fourth-order valence-electron chi connectivity index (χ4n) is 1.97. The molecular weight excluding hydrogens is 252 g/mol. The third kappa shape index (κ3) is 8.10. The van der Waals surface area contributed by atoms with E-state index in [1.165, 1.54) is 26.2 Å². The molecule has 0 aliphatic heterocycles. The molecule has 0 amide bonds. The van der Waals surface area contributed by atoms with Crippen molar-refractivity contribution in [3.8, 4) is 0 Å². The van der Waals surface area contributed by atoms with Gasteiger partial charge in [-0.15, -0.1) is 0 Å². The van der Waals surface area contributed by atoms with Gasteiger partial charge in [-0.25, -0.2) is 0 Å². The van der Waals surface area contributed by atoms with E-state index in [0.29, 0.717) is 0 Å². The molecule has 1 aliphatic rings. The Balaban J connectivity index is 0.000000370. The van der Waals surface area contributed by atoms with Crippen LogP contribution in [0.2, 0.25) is 0 Å². The zero-order valence-electron chi connectivity index (χ0n) is 13.3. The van der Waals surface area contributed by atoms with E-state index < -0.39 is 0 Å². The number of nitrogens with two attached hydrogens (primary N) is 1. The Hall–Kier alpha value is -1.16. The van der Waals surface area contributed by atoms with E-state index in [2.05, 4.69) is 13.8 Å². The Morgan fingerprint density at radius 1 is 1.20 bits per heavy atom. The van der Waals surface area contributed by atoms with Gasteiger partial charge in [0.25, 0.3) is 0 Å². The van der Waals surface area contributed by atoms with Crippen molar-refractivity contribution < 1.29 is 9.53 Å². The summed E-state index contributed by atoms with van der Waals surface area (Å²) in [7, 11) is 0. The molecule has 0 fully saturated rings. The minimum Gasteiger partial charge on any atom is -0.402 e. The van der Waals surface area contributed by atoms with Gasteiger partial charge in [0.15, 0.2) is 5.78 Å². The maximum atomic E-state index is 10.8. The first-order valence-corrected chi connectivity index (χ1v) is 7.69. The van der Waals surface area contributed by atoms with Crippen LogP contribution in [-0.2, 0) is 9.53 Å². The number of ether oxygens (including phenoxy) is 1. The number of unbranched alkanes of at least 4 members (excludes halogenated alkanes) is 2. The summed E-state index contributed by atoms with van der Waals surface area (Å²) in [6.45, 7) is 7.64. The van der Waals surface area contributed by atoms with E-state index in [0.717, 1.165) is 50.2 Å². The molecule has 4 nitrogen and oxygen atoms in total. The zero-order chi connectivity index (χ0) is 15.4. The highest BCUT2D eigenvalue weighted by Gasteiger charge is 2.18. The highest BCUT2D eigenvalue weighted by Crippen LogP contribution is 2.22. The van der Waals surface area contributed by atoms with Crippen LogP contribution >= 0.6 is 0 Å². The van der Waals surface area contributed by atoms with Gasteiger partial charge in [0.05, 0.1) is 0 Å². The molecule has 0 atom stereocenters. The van der Waals surface area contributed by atoms with Crippen molar-refractivity contribution in [2.75, 3.05) is 13.2 Å². The van der Waals surface area contributed by atoms with Gasteiger partial charge in [0, 0.05) is 25.8 Å². The van der Waals surface area contributed by atoms with E-state index in [1.54, 1.807) is 0 Å². The quantitative estimate of drug-likeness (QED) is 0.527. The molecule has 116 valence electrons. The summed E-state index contributed by atoms with van der Waals surface area (Å²) in [6, 6.07) is 0. The number of allylic oxidation sites excluding steroid dienone is 2. The predicted octanol–water partition coefficient (Wildman–Crippen LogP) is 3.60. The SMILES string of the molecule is CC(=O)C(=N)C1=C(N)CCC1.CCCCCOCCC. The smallest absolute Gasteiger partial charge is 0.177 e. The third-order valence-corrected chi connectivity index (χ3v) is 3.16. The number of carbonyl (C=O) groups excluding carboxylic acids is 1. The molecule has 0 aromatic carbocycles. The number of rotatable bonds is 8. The molecule has 3 N–H and O–H groups in total. The second-order valence-electron chi connectivity index (χ2n) is 5.11. The van der Waals surface area contributed by atoms with Gasteiger partial charge >= 0.3 is 0 Å². The van der Waals surface area contributed by atoms with Crippen molar-refractivity contribution >= 4 is 11.5 Å². The average molecular weight is 282 g/mol. The van der Waals surface area contributed by atoms with Crippen LogP contribution in [0.3, 0.4) is 0 Å². The molecule has 1 aliphatic carbocycles. The first-order chi connectivity index (χ1) is 9.54. The lowest BCUT2D eigenvalue weighted by molar-refractivity contribution is -0.111. The molecule has 0 unspecified atom stereocenters. The van der Waals surface area contributed by atoms with Gasteiger partial charge in [0.2, 0.25) is 0 Å². The summed E-state index contributed by atoms with van der Waals surface area (Å²) in [4.78, 5) is 10.8. The van der Waals surface area contributed by atoms with Gasteiger partial charge in [-0.05, 0) is 37.7 Å². The number of Topliss-reactive ketones (excluding diaryl/α,β-unsaturated/α-hetero) is 1. The summed E-state index contributed by atoms with van der Waals surface area (Å²) < 4.78 is 5.28. The second-order valence-corrected chi connectivity index (χ2v) is 5.11. The molecule has 0 bridgehead atoms. The van der Waals surface area contributed by atoms with Gasteiger partial charge < -0.3 is 10.5 Å². The summed E-state index contributed by atoms with van der Waals surface area (Å²) in [5, 5.41) is 7.38. The Morgan fingerprint density at radius 3 is 2.35 bits per heavy atom. The molecule has 20 heavy (non-hydrogen) atoms. The van der Waals surface area contributed by atoms with Crippen molar-refractivity contribution in [1.82, 2.24) is 0 Å². The minimum atomic E-state index is -0.190. The molecule has 4 heteroatoms. The van der Waals surface area contributed by atoms with Crippen molar-refractivity contribution in [2.24, 2.45) is 5.73 Å². The molecule has 1 rings (SSSR count). The molecular formula is C16H30N2O2. The average Bonchev–Trinajstić information content (AvgIpc) is 2.84. The topological polar surface area (TPSA) is 76.2 Å². The zero-order valence-corrected chi connectivity index (χ0v) is 13.3. The molecule has 0 saturated carbocycles. The number of hydrogen-bond acceptors (Lipinski definition) is 4. The van der Waals surface area contributed by atoms with Gasteiger partial charge in [-0.3, -0.25) is 10.2 Å². The molecule has 0 radical (unpaired) electrons. The Bertz CT molecular complexity index is 329. The van der Waals surface area contributed by atoms with Crippen molar-refractivity contribution in [3.63, 3.8) is 0 Å². The standard InChI is InChI=1S/C8H12N2O.C8H18O/c1-5(11)8(10)6-3-2-4-7(6)9;1-3-5-6-8-9-7-4-2/h10H,2-4,9H2,1H3;3-8H2,1-2H3. The van der Waals surface area contributed by atoms with Crippen LogP contribution in [0.4, 0.5) is 0 Å². The lowest BCUT2D eigenvalue weighted by Gasteiger charge is -2.00. The van der Waals surface area contributed by atoms with Gasteiger partial charge in [-0.2, -0.15) is 0 Å². The highest BCUT2D eigenvalue weighted by molar-refractivity contribution is 6.44. The molecule has 0 aromatic heterocycles. The van der Waals surface area contributed by atoms with Crippen LogP contribution in [0.15, 0.2) is 11.3 Å². The lowest BCUT2D eigenvalue weighted by atomic mass is 10.1.